The normalized spacial score (nSPS) is 15.8. The van der Waals surface area contributed by atoms with E-state index in [4.69, 9.17) is 21.1 Å². The van der Waals surface area contributed by atoms with Crippen LogP contribution in [0.25, 0.3) is 10.9 Å². The fraction of sp³-hybridized carbons (Fsp3) is 0.318. The lowest BCUT2D eigenvalue weighted by atomic mass is 10.2. The van der Waals surface area contributed by atoms with E-state index in [1.807, 2.05) is 0 Å². The molecule has 0 spiro atoms. The highest BCUT2D eigenvalue weighted by molar-refractivity contribution is 6.31. The third-order valence-electron chi connectivity index (χ3n) is 5.36. The zero-order chi connectivity index (χ0) is 22.7. The van der Waals surface area contributed by atoms with Gasteiger partial charge in [0.25, 0.3) is 0 Å². The Bertz CT molecular complexity index is 1150. The molecule has 1 amide bonds. The number of aromatic nitrogens is 2. The van der Waals surface area contributed by atoms with Crippen LogP contribution in [0.2, 0.25) is 5.02 Å². The van der Waals surface area contributed by atoms with Crippen LogP contribution < -0.4 is 14.8 Å². The predicted octanol–water partition coefficient (Wildman–Crippen LogP) is 3.54. The molecule has 1 aliphatic rings. The molecule has 0 unspecified atom stereocenters. The highest BCUT2D eigenvalue weighted by atomic mass is 35.5. The van der Waals surface area contributed by atoms with Gasteiger partial charge >= 0.3 is 0 Å². The summed E-state index contributed by atoms with van der Waals surface area (Å²) in [5, 5.41) is 12.9. The van der Waals surface area contributed by atoms with E-state index in [1.54, 1.807) is 30.2 Å². The predicted molar refractivity (Wildman–Crippen MR) is 118 cm³/mol. The molecule has 168 valence electrons. The van der Waals surface area contributed by atoms with Gasteiger partial charge in [-0.15, -0.1) is 0 Å². The lowest BCUT2D eigenvalue weighted by Gasteiger charge is -2.24. The number of anilines is 2. The van der Waals surface area contributed by atoms with Gasteiger partial charge in [-0.1, -0.05) is 11.6 Å². The van der Waals surface area contributed by atoms with Crippen LogP contribution in [0.15, 0.2) is 36.7 Å². The van der Waals surface area contributed by atoms with Crippen molar-refractivity contribution in [2.75, 3.05) is 32.2 Å². The molecule has 10 heteroatoms. The van der Waals surface area contributed by atoms with Gasteiger partial charge in [-0.25, -0.2) is 14.4 Å². The molecule has 0 radical (unpaired) electrons. The quantitative estimate of drug-likeness (QED) is 0.556. The van der Waals surface area contributed by atoms with Gasteiger partial charge in [0, 0.05) is 24.4 Å². The lowest BCUT2D eigenvalue weighted by molar-refractivity contribution is -0.135. The first kappa shape index (κ1) is 22.0. The van der Waals surface area contributed by atoms with Crippen LogP contribution in [0.1, 0.15) is 12.8 Å². The van der Waals surface area contributed by atoms with E-state index in [0.717, 1.165) is 12.8 Å². The molecule has 0 aliphatic carbocycles. The van der Waals surface area contributed by atoms with Gasteiger partial charge in [0.05, 0.1) is 29.1 Å². The maximum absolute atomic E-state index is 13.5. The van der Waals surface area contributed by atoms with Crippen molar-refractivity contribution in [3.8, 4) is 11.5 Å². The summed E-state index contributed by atoms with van der Waals surface area (Å²) in [6.45, 7) is 0.305. The number of carbonyl (C=O) groups is 1. The summed E-state index contributed by atoms with van der Waals surface area (Å²) in [6.07, 6.45) is 3.03. The Morgan fingerprint density at radius 2 is 2.19 bits per heavy atom. The van der Waals surface area contributed by atoms with Crippen molar-refractivity contribution < 1.29 is 23.8 Å². The third-order valence-corrected chi connectivity index (χ3v) is 5.65. The largest absolute Gasteiger partial charge is 0.497 e. The molecule has 1 fully saturated rings. The van der Waals surface area contributed by atoms with Gasteiger partial charge in [0.1, 0.15) is 42.7 Å². The Labute approximate surface area is 188 Å². The van der Waals surface area contributed by atoms with Gasteiger partial charge < -0.3 is 24.8 Å². The van der Waals surface area contributed by atoms with Crippen molar-refractivity contribution in [2.24, 2.45) is 0 Å². The summed E-state index contributed by atoms with van der Waals surface area (Å²) < 4.78 is 25.0. The van der Waals surface area contributed by atoms with E-state index in [0.29, 0.717) is 40.5 Å². The number of fused-ring (bicyclic) bond motifs is 1. The number of nitrogens with one attached hydrogen (secondary N) is 1. The van der Waals surface area contributed by atoms with Crippen molar-refractivity contribution in [1.29, 1.82) is 0 Å². The SMILES string of the molecule is COc1cc(OC[C@H]2CCCN2C(=O)CO)c2c(Nc3ccc(F)c(Cl)c3)ncnc2c1. The summed E-state index contributed by atoms with van der Waals surface area (Å²) >= 11 is 5.90. The Kier molecular flexibility index (Phi) is 6.57. The van der Waals surface area contributed by atoms with E-state index in [9.17, 15) is 14.3 Å². The number of nitrogens with zero attached hydrogens (tertiary/aromatic N) is 3. The van der Waals surface area contributed by atoms with Crippen molar-refractivity contribution >= 4 is 39.9 Å². The van der Waals surface area contributed by atoms with E-state index >= 15 is 0 Å². The van der Waals surface area contributed by atoms with Gasteiger partial charge in [0.15, 0.2) is 0 Å². The first-order valence-electron chi connectivity index (χ1n) is 10.1. The number of aliphatic hydroxyl groups is 1. The zero-order valence-electron chi connectivity index (χ0n) is 17.3. The minimum absolute atomic E-state index is 0.0126. The number of aliphatic hydroxyl groups excluding tert-OH is 1. The first-order chi connectivity index (χ1) is 15.5. The average Bonchev–Trinajstić information content (AvgIpc) is 3.28. The summed E-state index contributed by atoms with van der Waals surface area (Å²) in [5.41, 5.74) is 1.13. The Hall–Kier alpha value is -3.17. The van der Waals surface area contributed by atoms with Crippen LogP contribution in [-0.4, -0.2) is 58.8 Å². The van der Waals surface area contributed by atoms with E-state index in [2.05, 4.69) is 15.3 Å². The third kappa shape index (κ3) is 4.53. The molecule has 1 saturated heterocycles. The van der Waals surface area contributed by atoms with Crippen molar-refractivity contribution in [1.82, 2.24) is 14.9 Å². The number of methoxy groups -OCH3 is 1. The van der Waals surface area contributed by atoms with Crippen molar-refractivity contribution in [3.05, 3.63) is 47.5 Å². The molecule has 2 heterocycles. The fourth-order valence-electron chi connectivity index (χ4n) is 3.78. The number of halogens is 2. The fourth-order valence-corrected chi connectivity index (χ4v) is 3.96. The topological polar surface area (TPSA) is 96.8 Å². The minimum atomic E-state index is -0.527. The Morgan fingerprint density at radius 3 is 2.94 bits per heavy atom. The molecule has 1 atom stereocenters. The van der Waals surface area contributed by atoms with Crippen LogP contribution in [0, 0.1) is 5.82 Å². The number of benzene rings is 2. The summed E-state index contributed by atoms with van der Waals surface area (Å²) in [4.78, 5) is 22.3. The van der Waals surface area contributed by atoms with E-state index in [1.165, 1.54) is 18.5 Å². The molecular formula is C22H22ClFN4O4. The van der Waals surface area contributed by atoms with E-state index in [-0.39, 0.29) is 23.6 Å². The summed E-state index contributed by atoms with van der Waals surface area (Å²) in [7, 11) is 1.55. The van der Waals surface area contributed by atoms with Gasteiger partial charge in [-0.3, -0.25) is 4.79 Å². The summed E-state index contributed by atoms with van der Waals surface area (Å²) in [5.74, 6) is 0.642. The standard InChI is InChI=1S/C22H22ClFN4O4/c1-31-15-8-18-21(19(9-15)32-11-14-3-2-6-28(14)20(30)10-29)22(26-12-25-18)27-13-4-5-17(24)16(23)7-13/h4-5,7-9,12,14,29H,2-3,6,10-11H2,1H3,(H,25,26,27)/t14-/m1/s1. The molecule has 32 heavy (non-hydrogen) atoms. The monoisotopic (exact) mass is 460 g/mol. The number of likely N-dealkylation sites (tertiary alicyclic amines) is 1. The van der Waals surface area contributed by atoms with E-state index < -0.39 is 12.4 Å². The number of ether oxygens (including phenoxy) is 2. The smallest absolute Gasteiger partial charge is 0.248 e. The van der Waals surface area contributed by atoms with Gasteiger partial charge in [-0.05, 0) is 31.0 Å². The second kappa shape index (κ2) is 9.54. The maximum atomic E-state index is 13.5. The van der Waals surface area contributed by atoms with Crippen LogP contribution in [0.4, 0.5) is 15.9 Å². The first-order valence-corrected chi connectivity index (χ1v) is 10.5. The molecule has 0 saturated carbocycles. The highest BCUT2D eigenvalue weighted by Crippen LogP contribution is 2.36. The molecule has 8 nitrogen and oxygen atoms in total. The van der Waals surface area contributed by atoms with Crippen LogP contribution in [0.3, 0.4) is 0 Å². The molecule has 0 bridgehead atoms. The van der Waals surface area contributed by atoms with Crippen LogP contribution in [0.5, 0.6) is 11.5 Å². The Balaban J connectivity index is 1.67. The molecule has 2 aromatic carbocycles. The van der Waals surface area contributed by atoms with Crippen LogP contribution >= 0.6 is 11.6 Å². The van der Waals surface area contributed by atoms with Crippen molar-refractivity contribution in [3.63, 3.8) is 0 Å². The number of amides is 1. The number of rotatable bonds is 7. The second-order valence-corrected chi connectivity index (χ2v) is 7.76. The molecule has 1 aliphatic heterocycles. The molecular weight excluding hydrogens is 439 g/mol. The number of hydrogen-bond acceptors (Lipinski definition) is 7. The zero-order valence-corrected chi connectivity index (χ0v) is 18.1. The minimum Gasteiger partial charge on any atom is -0.497 e. The second-order valence-electron chi connectivity index (χ2n) is 7.35. The van der Waals surface area contributed by atoms with Crippen molar-refractivity contribution in [2.45, 2.75) is 18.9 Å². The lowest BCUT2D eigenvalue weighted by Crippen LogP contribution is -2.40. The van der Waals surface area contributed by atoms with Crippen LogP contribution in [-0.2, 0) is 4.79 Å². The molecule has 4 rings (SSSR count). The maximum Gasteiger partial charge on any atom is 0.248 e. The number of hydrogen-bond donors (Lipinski definition) is 2. The van der Waals surface area contributed by atoms with Gasteiger partial charge in [0.2, 0.25) is 5.91 Å². The number of carbonyl (C=O) groups excluding carboxylic acids is 1. The molecule has 1 aromatic heterocycles. The summed E-state index contributed by atoms with van der Waals surface area (Å²) in [6, 6.07) is 7.61. The average molecular weight is 461 g/mol. The highest BCUT2D eigenvalue weighted by Gasteiger charge is 2.29. The Morgan fingerprint density at radius 1 is 1.34 bits per heavy atom. The molecule has 3 aromatic rings. The van der Waals surface area contributed by atoms with Gasteiger partial charge in [-0.2, -0.15) is 0 Å². The molecule has 2 N–H and O–H groups in total.